The number of rotatable bonds is 3. The third-order valence-electron chi connectivity index (χ3n) is 1.71. The molecule has 1 rings (SSSR count). The molecule has 0 aliphatic rings. The molecule has 0 amide bonds. The Morgan fingerprint density at radius 2 is 2.00 bits per heavy atom. The lowest BCUT2D eigenvalue weighted by atomic mass is 10.1. The summed E-state index contributed by atoms with van der Waals surface area (Å²) >= 11 is 0. The minimum Gasteiger partial charge on any atom is -0.508 e. The molecule has 0 heterocycles. The fourth-order valence-electron chi connectivity index (χ4n) is 0.974. The molecule has 76 valence electrons. The number of phenols is 1. The van der Waals surface area contributed by atoms with E-state index in [2.05, 4.69) is 4.74 Å². The molecule has 0 unspecified atom stereocenters. The molecule has 0 bridgehead atoms. The summed E-state index contributed by atoms with van der Waals surface area (Å²) in [6.07, 6.45) is -0.0705. The second-order valence-electron chi connectivity index (χ2n) is 2.72. The first-order valence-corrected chi connectivity index (χ1v) is 4.21. The van der Waals surface area contributed by atoms with Crippen molar-refractivity contribution in [1.29, 1.82) is 0 Å². The van der Waals surface area contributed by atoms with Crippen LogP contribution in [0, 0.1) is 0 Å². The summed E-state index contributed by atoms with van der Waals surface area (Å²) < 4.78 is 9.01. The molecule has 0 aliphatic heterocycles. The third kappa shape index (κ3) is 3.35. The van der Waals surface area contributed by atoms with Gasteiger partial charge in [0.15, 0.2) is 0 Å². The van der Waals surface area contributed by atoms with E-state index in [0.29, 0.717) is 6.42 Å². The van der Waals surface area contributed by atoms with E-state index in [1.54, 1.807) is 24.3 Å². The van der Waals surface area contributed by atoms with Crippen LogP contribution in [0.15, 0.2) is 24.3 Å². The predicted octanol–water partition coefficient (Wildman–Crippen LogP) is 1.72. The quantitative estimate of drug-likeness (QED) is 0.748. The van der Waals surface area contributed by atoms with Crippen LogP contribution in [-0.2, 0) is 15.9 Å². The molecule has 4 nitrogen and oxygen atoms in total. The van der Waals surface area contributed by atoms with Crippen molar-refractivity contribution in [2.24, 2.45) is 0 Å². The third-order valence-corrected chi connectivity index (χ3v) is 1.71. The Hall–Kier alpha value is -1.71. The first-order chi connectivity index (χ1) is 6.72. The average Bonchev–Trinajstić information content (AvgIpc) is 2.21. The van der Waals surface area contributed by atoms with Gasteiger partial charge in [0.05, 0.1) is 13.7 Å². The molecule has 4 heteroatoms. The second-order valence-corrected chi connectivity index (χ2v) is 2.72. The van der Waals surface area contributed by atoms with Crippen molar-refractivity contribution in [3.8, 4) is 5.75 Å². The molecule has 0 fully saturated rings. The zero-order valence-corrected chi connectivity index (χ0v) is 7.90. The molecule has 0 saturated carbocycles. The highest BCUT2D eigenvalue weighted by molar-refractivity contribution is 5.59. The van der Waals surface area contributed by atoms with Crippen LogP contribution >= 0.6 is 0 Å². The van der Waals surface area contributed by atoms with Gasteiger partial charge in [-0.25, -0.2) is 4.79 Å². The fourth-order valence-corrected chi connectivity index (χ4v) is 0.974. The molecule has 0 atom stereocenters. The van der Waals surface area contributed by atoms with Gasteiger partial charge in [-0.3, -0.25) is 0 Å². The van der Waals surface area contributed by atoms with Gasteiger partial charge in [-0.1, -0.05) is 12.1 Å². The number of ether oxygens (including phenoxy) is 2. The zero-order chi connectivity index (χ0) is 10.4. The van der Waals surface area contributed by atoms with Crippen molar-refractivity contribution in [1.82, 2.24) is 0 Å². The number of hydrogen-bond donors (Lipinski definition) is 1. The molecule has 0 aromatic heterocycles. The molecular formula is C10H12O4. The van der Waals surface area contributed by atoms with Gasteiger partial charge in [0, 0.05) is 6.42 Å². The Labute approximate surface area is 82.1 Å². The Kier molecular flexibility index (Phi) is 3.79. The summed E-state index contributed by atoms with van der Waals surface area (Å²) in [4.78, 5) is 10.6. The van der Waals surface area contributed by atoms with Crippen LogP contribution in [0.25, 0.3) is 0 Å². The van der Waals surface area contributed by atoms with Crippen LogP contribution in [0.4, 0.5) is 4.79 Å². The number of carbonyl (C=O) groups excluding carboxylic acids is 1. The molecule has 1 N–H and O–H groups in total. The molecule has 0 radical (unpaired) electrons. The van der Waals surface area contributed by atoms with Gasteiger partial charge in [-0.15, -0.1) is 0 Å². The van der Waals surface area contributed by atoms with E-state index < -0.39 is 6.16 Å². The van der Waals surface area contributed by atoms with Crippen molar-refractivity contribution >= 4 is 6.16 Å². The Balaban J connectivity index is 2.31. The summed E-state index contributed by atoms with van der Waals surface area (Å²) in [7, 11) is 1.27. The topological polar surface area (TPSA) is 55.8 Å². The molecule has 1 aromatic carbocycles. The van der Waals surface area contributed by atoms with Crippen LogP contribution in [0.1, 0.15) is 5.56 Å². The maximum Gasteiger partial charge on any atom is 0.507 e. The van der Waals surface area contributed by atoms with E-state index in [9.17, 15) is 4.79 Å². The molecule has 14 heavy (non-hydrogen) atoms. The summed E-state index contributed by atoms with van der Waals surface area (Å²) in [5, 5.41) is 9.00. The molecule has 1 aromatic rings. The van der Waals surface area contributed by atoms with E-state index >= 15 is 0 Å². The number of methoxy groups -OCH3 is 1. The lowest BCUT2D eigenvalue weighted by molar-refractivity contribution is 0.0736. The smallest absolute Gasteiger partial charge is 0.507 e. The van der Waals surface area contributed by atoms with Gasteiger partial charge in [0.2, 0.25) is 0 Å². The first-order valence-electron chi connectivity index (χ1n) is 4.21. The van der Waals surface area contributed by atoms with Gasteiger partial charge in [0.1, 0.15) is 5.75 Å². The van der Waals surface area contributed by atoms with Crippen molar-refractivity contribution in [3.63, 3.8) is 0 Å². The maximum absolute atomic E-state index is 10.6. The van der Waals surface area contributed by atoms with E-state index in [1.807, 2.05) is 0 Å². The monoisotopic (exact) mass is 196 g/mol. The highest BCUT2D eigenvalue weighted by atomic mass is 16.7. The average molecular weight is 196 g/mol. The van der Waals surface area contributed by atoms with Crippen LogP contribution in [0.5, 0.6) is 5.75 Å². The fraction of sp³-hybridized carbons (Fsp3) is 0.300. The van der Waals surface area contributed by atoms with Crippen molar-refractivity contribution in [2.45, 2.75) is 6.42 Å². The van der Waals surface area contributed by atoms with Gasteiger partial charge in [-0.05, 0) is 17.7 Å². The SMILES string of the molecule is COC(=O)OCCc1ccc(O)cc1. The number of phenolic OH excluding ortho intramolecular Hbond substituents is 1. The first kappa shape index (κ1) is 10.4. The van der Waals surface area contributed by atoms with Gasteiger partial charge in [-0.2, -0.15) is 0 Å². The Morgan fingerprint density at radius 1 is 1.36 bits per heavy atom. The normalized spacial score (nSPS) is 9.50. The van der Waals surface area contributed by atoms with E-state index in [0.717, 1.165) is 5.56 Å². The maximum atomic E-state index is 10.6. The lowest BCUT2D eigenvalue weighted by Crippen LogP contribution is -2.07. The largest absolute Gasteiger partial charge is 0.508 e. The summed E-state index contributed by atoms with van der Waals surface area (Å²) in [6, 6.07) is 6.73. The van der Waals surface area contributed by atoms with E-state index in [1.165, 1.54) is 7.11 Å². The van der Waals surface area contributed by atoms with Crippen molar-refractivity contribution in [3.05, 3.63) is 29.8 Å². The second kappa shape index (κ2) is 5.11. The molecular weight excluding hydrogens is 184 g/mol. The van der Waals surface area contributed by atoms with Crippen LogP contribution in [0.2, 0.25) is 0 Å². The number of benzene rings is 1. The summed E-state index contributed by atoms with van der Waals surface area (Å²) in [5.41, 5.74) is 0.992. The predicted molar refractivity (Wildman–Crippen MR) is 50.2 cm³/mol. The number of carbonyl (C=O) groups is 1. The zero-order valence-electron chi connectivity index (χ0n) is 7.90. The number of aromatic hydroxyl groups is 1. The van der Waals surface area contributed by atoms with Crippen LogP contribution in [-0.4, -0.2) is 25.0 Å². The lowest BCUT2D eigenvalue weighted by Gasteiger charge is -2.03. The van der Waals surface area contributed by atoms with Crippen LogP contribution in [0.3, 0.4) is 0 Å². The van der Waals surface area contributed by atoms with Gasteiger partial charge in [0.25, 0.3) is 0 Å². The molecule has 0 saturated heterocycles. The van der Waals surface area contributed by atoms with Crippen molar-refractivity contribution < 1.29 is 19.4 Å². The Bertz CT molecular complexity index is 291. The summed E-state index contributed by atoms with van der Waals surface area (Å²) in [5.74, 6) is 0.225. The van der Waals surface area contributed by atoms with Crippen molar-refractivity contribution in [2.75, 3.05) is 13.7 Å². The standard InChI is InChI=1S/C10H12O4/c1-13-10(12)14-7-6-8-2-4-9(11)5-3-8/h2-5,11H,6-7H2,1H3. The van der Waals surface area contributed by atoms with Crippen LogP contribution < -0.4 is 0 Å². The highest BCUT2D eigenvalue weighted by Crippen LogP contribution is 2.09. The van der Waals surface area contributed by atoms with Gasteiger partial charge < -0.3 is 14.6 Å². The number of hydrogen-bond acceptors (Lipinski definition) is 4. The molecule has 0 aliphatic carbocycles. The molecule has 0 spiro atoms. The highest BCUT2D eigenvalue weighted by Gasteiger charge is 2.00. The minimum absolute atomic E-state index is 0.225. The minimum atomic E-state index is -0.677. The summed E-state index contributed by atoms with van der Waals surface area (Å²) in [6.45, 7) is 0.275. The Morgan fingerprint density at radius 3 is 2.57 bits per heavy atom. The van der Waals surface area contributed by atoms with E-state index in [-0.39, 0.29) is 12.4 Å². The van der Waals surface area contributed by atoms with E-state index in [4.69, 9.17) is 9.84 Å². The van der Waals surface area contributed by atoms with Gasteiger partial charge >= 0.3 is 6.16 Å².